The minimum Gasteiger partial charge on any atom is -0.390 e. The molecule has 0 atom stereocenters. The third kappa shape index (κ3) is 2.15. The maximum atomic E-state index is 14.0. The molecule has 0 unspecified atom stereocenters. The van der Waals surface area contributed by atoms with Gasteiger partial charge in [0.15, 0.2) is 11.6 Å². The Morgan fingerprint density at radius 2 is 1.81 bits per heavy atom. The highest BCUT2D eigenvalue weighted by Crippen LogP contribution is 2.36. The minimum absolute atomic E-state index is 0.0264. The van der Waals surface area contributed by atoms with Crippen molar-refractivity contribution in [3.8, 4) is 0 Å². The lowest BCUT2D eigenvalue weighted by molar-refractivity contribution is -0.120. The molecule has 1 aromatic rings. The summed E-state index contributed by atoms with van der Waals surface area (Å²) in [5, 5.41) is 9.10. The number of rotatable bonds is 2. The van der Waals surface area contributed by atoms with E-state index in [0.717, 1.165) is 23.8 Å². The SMILES string of the molecule is O=C1C2=C(CCCC2)C(=O)N1c1nc(CO)c(Cl)cc1F. The molecule has 0 bridgehead atoms. The van der Waals surface area contributed by atoms with Gasteiger partial charge in [-0.2, -0.15) is 0 Å². The topological polar surface area (TPSA) is 70.5 Å². The monoisotopic (exact) mass is 310 g/mol. The average Bonchev–Trinajstić information content (AvgIpc) is 2.72. The van der Waals surface area contributed by atoms with Gasteiger partial charge in [-0.05, 0) is 31.7 Å². The fourth-order valence-corrected chi connectivity index (χ4v) is 2.89. The van der Waals surface area contributed by atoms with E-state index in [1.165, 1.54) is 0 Å². The number of carbonyl (C=O) groups excluding carboxylic acids is 2. The van der Waals surface area contributed by atoms with Crippen molar-refractivity contribution in [1.29, 1.82) is 0 Å². The van der Waals surface area contributed by atoms with E-state index >= 15 is 0 Å². The number of halogens is 2. The number of pyridine rings is 1. The molecular formula is C14H12ClFN2O3. The molecular weight excluding hydrogens is 299 g/mol. The molecule has 2 amide bonds. The van der Waals surface area contributed by atoms with Gasteiger partial charge in [0, 0.05) is 11.1 Å². The number of anilines is 1. The second kappa shape index (κ2) is 5.20. The van der Waals surface area contributed by atoms with Gasteiger partial charge in [-0.3, -0.25) is 9.59 Å². The number of aliphatic hydroxyl groups is 1. The molecule has 1 aromatic heterocycles. The zero-order valence-electron chi connectivity index (χ0n) is 11.0. The zero-order chi connectivity index (χ0) is 15.1. The summed E-state index contributed by atoms with van der Waals surface area (Å²) in [6, 6.07) is 0.952. The first-order valence-corrected chi connectivity index (χ1v) is 6.99. The Kier molecular flexibility index (Phi) is 3.51. The highest BCUT2D eigenvalue weighted by molar-refractivity contribution is 6.33. The van der Waals surface area contributed by atoms with E-state index in [4.69, 9.17) is 16.7 Å². The van der Waals surface area contributed by atoms with Gasteiger partial charge >= 0.3 is 0 Å². The van der Waals surface area contributed by atoms with Gasteiger partial charge in [-0.1, -0.05) is 11.6 Å². The number of amides is 2. The Balaban J connectivity index is 2.06. The van der Waals surface area contributed by atoms with Crippen molar-refractivity contribution in [3.05, 3.63) is 33.7 Å². The Morgan fingerprint density at radius 1 is 1.24 bits per heavy atom. The molecule has 0 spiro atoms. The normalized spacial score (nSPS) is 18.5. The van der Waals surface area contributed by atoms with Crippen molar-refractivity contribution in [2.24, 2.45) is 0 Å². The minimum atomic E-state index is -0.862. The first kappa shape index (κ1) is 14.2. The second-order valence-corrected chi connectivity index (χ2v) is 5.40. The number of aliphatic hydroxyl groups excluding tert-OH is 1. The summed E-state index contributed by atoms with van der Waals surface area (Å²) >= 11 is 5.74. The van der Waals surface area contributed by atoms with Gasteiger partial charge in [0.05, 0.1) is 17.3 Å². The maximum Gasteiger partial charge on any atom is 0.263 e. The summed E-state index contributed by atoms with van der Waals surface area (Å²) in [5.41, 5.74) is 0.930. The van der Waals surface area contributed by atoms with Crippen LogP contribution in [0.1, 0.15) is 31.4 Å². The molecule has 1 N–H and O–H groups in total. The van der Waals surface area contributed by atoms with Crippen LogP contribution < -0.4 is 4.90 Å². The number of hydrogen-bond acceptors (Lipinski definition) is 4. The van der Waals surface area contributed by atoms with Gasteiger partial charge in [-0.25, -0.2) is 14.3 Å². The van der Waals surface area contributed by atoms with Crippen LogP contribution in [0.4, 0.5) is 10.2 Å². The fourth-order valence-electron chi connectivity index (χ4n) is 2.69. The summed E-state index contributed by atoms with van der Waals surface area (Å²) in [6.45, 7) is -0.504. The molecule has 2 aliphatic rings. The van der Waals surface area contributed by atoms with Gasteiger partial charge < -0.3 is 5.11 Å². The number of aromatic nitrogens is 1. The Bertz CT molecular complexity index is 659. The lowest BCUT2D eigenvalue weighted by atomic mass is 9.93. The fraction of sp³-hybridized carbons (Fsp3) is 0.357. The predicted octanol–water partition coefficient (Wildman–Crippen LogP) is 2.11. The summed E-state index contributed by atoms with van der Waals surface area (Å²) in [6.07, 6.45) is 2.73. The van der Waals surface area contributed by atoms with E-state index in [2.05, 4.69) is 4.98 Å². The standard InChI is InChI=1S/C14H12ClFN2O3/c15-9-5-10(16)12(17-11(9)6-19)18-13(20)7-3-1-2-4-8(7)14(18)21/h5,19H,1-4,6H2. The van der Waals surface area contributed by atoms with Crippen LogP contribution in [0.25, 0.3) is 0 Å². The van der Waals surface area contributed by atoms with Crippen LogP contribution in [0.3, 0.4) is 0 Å². The van der Waals surface area contributed by atoms with Crippen LogP contribution in [0.2, 0.25) is 5.02 Å². The summed E-state index contributed by atoms with van der Waals surface area (Å²) < 4.78 is 14.0. The van der Waals surface area contributed by atoms with Crippen molar-refractivity contribution in [1.82, 2.24) is 4.98 Å². The highest BCUT2D eigenvalue weighted by Gasteiger charge is 2.41. The van der Waals surface area contributed by atoms with Crippen molar-refractivity contribution in [3.63, 3.8) is 0 Å². The van der Waals surface area contributed by atoms with Gasteiger partial charge in [0.25, 0.3) is 11.8 Å². The van der Waals surface area contributed by atoms with Crippen molar-refractivity contribution >= 4 is 29.2 Å². The Hall–Kier alpha value is -1.79. The highest BCUT2D eigenvalue weighted by atomic mass is 35.5. The maximum absolute atomic E-state index is 14.0. The molecule has 7 heteroatoms. The van der Waals surface area contributed by atoms with Crippen LogP contribution in [0.5, 0.6) is 0 Å². The molecule has 0 fully saturated rings. The van der Waals surface area contributed by atoms with E-state index < -0.39 is 30.1 Å². The van der Waals surface area contributed by atoms with Crippen molar-refractivity contribution in [2.45, 2.75) is 32.3 Å². The Labute approximate surface area is 125 Å². The van der Waals surface area contributed by atoms with Gasteiger partial charge in [0.2, 0.25) is 0 Å². The van der Waals surface area contributed by atoms with E-state index in [0.29, 0.717) is 24.0 Å². The molecule has 0 aromatic carbocycles. The number of hydrogen-bond donors (Lipinski definition) is 1. The molecule has 3 rings (SSSR count). The molecule has 1 aliphatic carbocycles. The van der Waals surface area contributed by atoms with Gasteiger partial charge in [-0.15, -0.1) is 0 Å². The zero-order valence-corrected chi connectivity index (χ0v) is 11.8. The third-order valence-electron chi connectivity index (χ3n) is 3.74. The summed E-state index contributed by atoms with van der Waals surface area (Å²) in [4.78, 5) is 29.2. The van der Waals surface area contributed by atoms with Crippen LogP contribution >= 0.6 is 11.6 Å². The molecule has 0 saturated heterocycles. The van der Waals surface area contributed by atoms with Gasteiger partial charge in [0.1, 0.15) is 0 Å². The summed E-state index contributed by atoms with van der Waals surface area (Å²) in [7, 11) is 0. The Morgan fingerprint density at radius 3 is 2.33 bits per heavy atom. The first-order chi connectivity index (χ1) is 10.0. The largest absolute Gasteiger partial charge is 0.390 e. The second-order valence-electron chi connectivity index (χ2n) is 4.99. The number of carbonyl (C=O) groups is 2. The molecule has 0 radical (unpaired) electrons. The van der Waals surface area contributed by atoms with Crippen LogP contribution in [0.15, 0.2) is 17.2 Å². The third-order valence-corrected chi connectivity index (χ3v) is 4.06. The molecule has 110 valence electrons. The van der Waals surface area contributed by atoms with E-state index in [1.54, 1.807) is 0 Å². The number of imide groups is 1. The molecule has 21 heavy (non-hydrogen) atoms. The molecule has 0 saturated carbocycles. The van der Waals surface area contributed by atoms with Crippen LogP contribution in [-0.2, 0) is 16.2 Å². The predicted molar refractivity (Wildman–Crippen MR) is 73.1 cm³/mol. The van der Waals surface area contributed by atoms with Crippen molar-refractivity contribution < 1.29 is 19.1 Å². The first-order valence-electron chi connectivity index (χ1n) is 6.61. The lowest BCUT2D eigenvalue weighted by Gasteiger charge is -2.16. The lowest BCUT2D eigenvalue weighted by Crippen LogP contribution is -2.33. The van der Waals surface area contributed by atoms with Crippen molar-refractivity contribution in [2.75, 3.05) is 4.90 Å². The molecule has 1 aliphatic heterocycles. The van der Waals surface area contributed by atoms with E-state index in [9.17, 15) is 14.0 Å². The molecule has 2 heterocycles. The average molecular weight is 311 g/mol. The van der Waals surface area contributed by atoms with E-state index in [1.807, 2.05) is 0 Å². The summed E-state index contributed by atoms with van der Waals surface area (Å²) in [5.74, 6) is -2.30. The number of nitrogens with zero attached hydrogens (tertiary/aromatic N) is 2. The molecule has 5 nitrogen and oxygen atoms in total. The quantitative estimate of drug-likeness (QED) is 0.849. The van der Waals surface area contributed by atoms with Crippen LogP contribution in [-0.4, -0.2) is 21.9 Å². The van der Waals surface area contributed by atoms with Crippen LogP contribution in [0, 0.1) is 5.82 Å². The smallest absolute Gasteiger partial charge is 0.263 e. The van der Waals surface area contributed by atoms with E-state index in [-0.39, 0.29) is 10.7 Å².